The van der Waals surface area contributed by atoms with Crippen molar-refractivity contribution < 1.29 is 9.53 Å². The molecular formula is C14H14BrN5O2S. The zero-order valence-corrected chi connectivity index (χ0v) is 14.7. The molecule has 0 unspecified atom stereocenters. The SMILES string of the molecule is COCCNC(=O)CSc1nnc2c(n1)[nH]c1ccc(Br)cc12. The van der Waals surface area contributed by atoms with E-state index in [1.165, 1.54) is 11.8 Å². The van der Waals surface area contributed by atoms with Crippen molar-refractivity contribution in [2.45, 2.75) is 5.16 Å². The number of halogens is 1. The second-order valence-corrected chi connectivity index (χ2v) is 6.60. The summed E-state index contributed by atoms with van der Waals surface area (Å²) in [5.41, 5.74) is 2.33. The summed E-state index contributed by atoms with van der Waals surface area (Å²) in [5.74, 6) is 0.152. The lowest BCUT2D eigenvalue weighted by Crippen LogP contribution is -2.28. The van der Waals surface area contributed by atoms with Crippen molar-refractivity contribution in [3.8, 4) is 0 Å². The number of H-pyrrole nitrogens is 1. The lowest BCUT2D eigenvalue weighted by atomic mass is 10.2. The summed E-state index contributed by atoms with van der Waals surface area (Å²) in [4.78, 5) is 19.3. The smallest absolute Gasteiger partial charge is 0.230 e. The molecule has 0 aliphatic heterocycles. The zero-order chi connectivity index (χ0) is 16.2. The molecule has 0 fully saturated rings. The Morgan fingerprint density at radius 1 is 1.43 bits per heavy atom. The minimum Gasteiger partial charge on any atom is -0.383 e. The monoisotopic (exact) mass is 395 g/mol. The van der Waals surface area contributed by atoms with Gasteiger partial charge in [-0.05, 0) is 18.2 Å². The van der Waals surface area contributed by atoms with Crippen LogP contribution in [0, 0.1) is 0 Å². The molecule has 2 aromatic heterocycles. The third kappa shape index (κ3) is 3.80. The Morgan fingerprint density at radius 3 is 3.13 bits per heavy atom. The first-order valence-corrected chi connectivity index (χ1v) is 8.65. The van der Waals surface area contributed by atoms with E-state index in [-0.39, 0.29) is 11.7 Å². The van der Waals surface area contributed by atoms with Crippen LogP contribution in [0.2, 0.25) is 0 Å². The Hall–Kier alpha value is -1.71. The number of amides is 1. The maximum absolute atomic E-state index is 11.7. The average molecular weight is 396 g/mol. The number of nitrogens with zero attached hydrogens (tertiary/aromatic N) is 3. The van der Waals surface area contributed by atoms with Crippen LogP contribution < -0.4 is 5.32 Å². The molecule has 0 aliphatic rings. The van der Waals surface area contributed by atoms with E-state index in [2.05, 4.69) is 41.4 Å². The van der Waals surface area contributed by atoms with Crippen LogP contribution in [0.25, 0.3) is 22.1 Å². The number of benzene rings is 1. The highest BCUT2D eigenvalue weighted by atomic mass is 79.9. The molecule has 23 heavy (non-hydrogen) atoms. The lowest BCUT2D eigenvalue weighted by molar-refractivity contribution is -0.118. The molecule has 9 heteroatoms. The van der Waals surface area contributed by atoms with Gasteiger partial charge in [-0.15, -0.1) is 10.2 Å². The lowest BCUT2D eigenvalue weighted by Gasteiger charge is -2.03. The van der Waals surface area contributed by atoms with Crippen molar-refractivity contribution in [2.24, 2.45) is 0 Å². The number of ether oxygens (including phenoxy) is 1. The van der Waals surface area contributed by atoms with Crippen LogP contribution in [0.4, 0.5) is 0 Å². The van der Waals surface area contributed by atoms with Crippen LogP contribution in [-0.4, -0.2) is 52.1 Å². The summed E-state index contributed by atoms with van der Waals surface area (Å²) in [6.07, 6.45) is 0. The van der Waals surface area contributed by atoms with Gasteiger partial charge >= 0.3 is 0 Å². The molecule has 1 aromatic carbocycles. The van der Waals surface area contributed by atoms with Gasteiger partial charge in [-0.1, -0.05) is 27.7 Å². The number of nitrogens with one attached hydrogen (secondary N) is 2. The van der Waals surface area contributed by atoms with E-state index in [1.807, 2.05) is 18.2 Å². The molecule has 7 nitrogen and oxygen atoms in total. The average Bonchev–Trinajstić information content (AvgIpc) is 2.90. The molecule has 0 saturated heterocycles. The minimum absolute atomic E-state index is 0.0867. The van der Waals surface area contributed by atoms with Crippen molar-refractivity contribution in [1.82, 2.24) is 25.5 Å². The number of carbonyl (C=O) groups excluding carboxylic acids is 1. The van der Waals surface area contributed by atoms with Crippen LogP contribution in [-0.2, 0) is 9.53 Å². The fourth-order valence-electron chi connectivity index (χ4n) is 2.06. The molecular weight excluding hydrogens is 382 g/mol. The van der Waals surface area contributed by atoms with E-state index in [0.717, 1.165) is 20.9 Å². The van der Waals surface area contributed by atoms with Crippen molar-refractivity contribution in [2.75, 3.05) is 26.0 Å². The summed E-state index contributed by atoms with van der Waals surface area (Å²) < 4.78 is 5.85. The molecule has 0 aliphatic carbocycles. The number of methoxy groups -OCH3 is 1. The molecule has 3 aromatic rings. The fraction of sp³-hybridized carbons (Fsp3) is 0.286. The van der Waals surface area contributed by atoms with Gasteiger partial charge in [0, 0.05) is 29.0 Å². The number of aromatic amines is 1. The Labute approximate surface area is 144 Å². The molecule has 0 atom stereocenters. The summed E-state index contributed by atoms with van der Waals surface area (Å²) in [5, 5.41) is 12.5. The normalized spacial score (nSPS) is 11.2. The molecule has 0 saturated carbocycles. The van der Waals surface area contributed by atoms with Crippen molar-refractivity contribution in [3.05, 3.63) is 22.7 Å². The predicted molar refractivity (Wildman–Crippen MR) is 92.5 cm³/mol. The predicted octanol–water partition coefficient (Wildman–Crippen LogP) is 2.12. The second kappa shape index (κ2) is 7.24. The summed E-state index contributed by atoms with van der Waals surface area (Å²) in [6, 6.07) is 5.88. The van der Waals surface area contributed by atoms with Gasteiger partial charge in [-0.25, -0.2) is 4.98 Å². The number of carbonyl (C=O) groups is 1. The largest absolute Gasteiger partial charge is 0.383 e. The Bertz CT molecular complexity index is 854. The molecule has 2 N–H and O–H groups in total. The number of aromatic nitrogens is 4. The highest BCUT2D eigenvalue weighted by Gasteiger charge is 2.11. The van der Waals surface area contributed by atoms with Crippen LogP contribution in [0.5, 0.6) is 0 Å². The van der Waals surface area contributed by atoms with E-state index in [4.69, 9.17) is 4.74 Å². The summed E-state index contributed by atoms with van der Waals surface area (Å²) >= 11 is 4.69. The minimum atomic E-state index is -0.0867. The molecule has 120 valence electrons. The number of hydrogen-bond donors (Lipinski definition) is 2. The van der Waals surface area contributed by atoms with Crippen LogP contribution in [0.3, 0.4) is 0 Å². The number of thioether (sulfide) groups is 1. The molecule has 0 bridgehead atoms. The number of fused-ring (bicyclic) bond motifs is 3. The van der Waals surface area contributed by atoms with Crippen LogP contribution in [0.15, 0.2) is 27.8 Å². The molecule has 1 amide bonds. The summed E-state index contributed by atoms with van der Waals surface area (Å²) in [6.45, 7) is 0.982. The molecule has 2 heterocycles. The van der Waals surface area contributed by atoms with Crippen LogP contribution in [0.1, 0.15) is 0 Å². The van der Waals surface area contributed by atoms with E-state index >= 15 is 0 Å². The van der Waals surface area contributed by atoms with Gasteiger partial charge in [-0.2, -0.15) is 0 Å². The molecule has 3 rings (SSSR count). The van der Waals surface area contributed by atoms with Crippen molar-refractivity contribution in [1.29, 1.82) is 0 Å². The maximum atomic E-state index is 11.7. The second-order valence-electron chi connectivity index (χ2n) is 4.74. The van der Waals surface area contributed by atoms with Gasteiger partial charge in [0.05, 0.1) is 12.4 Å². The Balaban J connectivity index is 1.73. The van der Waals surface area contributed by atoms with Gasteiger partial charge in [0.25, 0.3) is 0 Å². The summed E-state index contributed by atoms with van der Waals surface area (Å²) in [7, 11) is 1.59. The zero-order valence-electron chi connectivity index (χ0n) is 12.3. The van der Waals surface area contributed by atoms with E-state index in [1.54, 1.807) is 7.11 Å². The third-order valence-corrected chi connectivity index (χ3v) is 4.45. The standard InChI is InChI=1S/C14H14BrN5O2S/c1-22-5-4-16-11(21)7-23-14-18-13-12(19-20-14)9-6-8(15)2-3-10(9)17-13/h2-3,6H,4-5,7H2,1H3,(H,16,21)(H,17,18,20). The topological polar surface area (TPSA) is 92.8 Å². The van der Waals surface area contributed by atoms with E-state index in [9.17, 15) is 4.79 Å². The van der Waals surface area contributed by atoms with E-state index in [0.29, 0.717) is 24.0 Å². The van der Waals surface area contributed by atoms with Crippen molar-refractivity contribution in [3.63, 3.8) is 0 Å². The van der Waals surface area contributed by atoms with Gasteiger partial charge in [0.2, 0.25) is 11.1 Å². The highest BCUT2D eigenvalue weighted by molar-refractivity contribution is 9.10. The number of rotatable bonds is 6. The number of hydrogen-bond acceptors (Lipinski definition) is 6. The Kier molecular flexibility index (Phi) is 5.09. The maximum Gasteiger partial charge on any atom is 0.230 e. The van der Waals surface area contributed by atoms with Crippen molar-refractivity contribution >= 4 is 55.7 Å². The first-order valence-electron chi connectivity index (χ1n) is 6.87. The molecule has 0 spiro atoms. The first-order chi connectivity index (χ1) is 11.2. The van der Waals surface area contributed by atoms with E-state index < -0.39 is 0 Å². The van der Waals surface area contributed by atoms with Gasteiger partial charge in [0.15, 0.2) is 5.65 Å². The van der Waals surface area contributed by atoms with Gasteiger partial charge in [-0.3, -0.25) is 4.79 Å². The van der Waals surface area contributed by atoms with Gasteiger partial charge < -0.3 is 15.0 Å². The fourth-order valence-corrected chi connectivity index (χ4v) is 3.04. The third-order valence-electron chi connectivity index (χ3n) is 3.12. The quantitative estimate of drug-likeness (QED) is 0.490. The molecule has 0 radical (unpaired) electrons. The van der Waals surface area contributed by atoms with Crippen LogP contribution >= 0.6 is 27.7 Å². The Morgan fingerprint density at radius 2 is 2.30 bits per heavy atom. The highest BCUT2D eigenvalue weighted by Crippen LogP contribution is 2.26. The first kappa shape index (κ1) is 16.2. The van der Waals surface area contributed by atoms with Gasteiger partial charge in [0.1, 0.15) is 5.52 Å².